The maximum absolute atomic E-state index is 12.2. The number of likely N-dealkylation sites (tertiary alicyclic amines) is 2. The van der Waals surface area contributed by atoms with Crippen molar-refractivity contribution in [2.45, 2.75) is 125 Å². The molecule has 0 aromatic rings. The average Bonchev–Trinajstić information content (AvgIpc) is 2.91. The van der Waals surface area contributed by atoms with Gasteiger partial charge in [0.2, 0.25) is 0 Å². The van der Waals surface area contributed by atoms with Crippen LogP contribution in [0.5, 0.6) is 0 Å². The van der Waals surface area contributed by atoms with Gasteiger partial charge in [0.15, 0.2) is 0 Å². The monoisotopic (exact) mass is 550 g/mol. The highest BCUT2D eigenvalue weighted by atomic mass is 16.5. The molecule has 0 spiro atoms. The molecule has 0 bridgehead atoms. The Hall–Kier alpha value is -1.14. The predicted octanol–water partition coefficient (Wildman–Crippen LogP) is 7.10. The van der Waals surface area contributed by atoms with Crippen molar-refractivity contribution in [1.82, 2.24) is 9.80 Å². The third-order valence-electron chi connectivity index (χ3n) is 9.69. The Bertz CT molecular complexity index is 684. The van der Waals surface area contributed by atoms with Crippen LogP contribution >= 0.6 is 0 Å². The van der Waals surface area contributed by atoms with E-state index >= 15 is 0 Å². The second kappa shape index (κ2) is 17.6. The molecule has 0 aliphatic carbocycles. The van der Waals surface area contributed by atoms with E-state index in [4.69, 9.17) is 9.47 Å². The van der Waals surface area contributed by atoms with Gasteiger partial charge >= 0.3 is 11.9 Å². The number of piperidine rings is 2. The maximum atomic E-state index is 12.2. The van der Waals surface area contributed by atoms with Gasteiger partial charge in [-0.2, -0.15) is 0 Å². The van der Waals surface area contributed by atoms with Gasteiger partial charge in [0.05, 0.1) is 26.1 Å². The Kier molecular flexibility index (Phi) is 15.4. The Morgan fingerprint density at radius 2 is 1.10 bits per heavy atom. The van der Waals surface area contributed by atoms with Crippen molar-refractivity contribution in [1.29, 1.82) is 0 Å². The first-order valence-corrected chi connectivity index (χ1v) is 16.3. The molecule has 0 unspecified atom stereocenters. The number of hydrogen-bond donors (Lipinski definition) is 0. The van der Waals surface area contributed by atoms with E-state index in [1.165, 1.54) is 44.9 Å². The minimum atomic E-state index is -0.0469. The van der Waals surface area contributed by atoms with Gasteiger partial charge in [-0.1, -0.05) is 73.6 Å². The number of carbonyl (C=O) groups is 2. The van der Waals surface area contributed by atoms with E-state index in [-0.39, 0.29) is 17.4 Å². The van der Waals surface area contributed by atoms with E-state index in [0.717, 1.165) is 76.8 Å². The summed E-state index contributed by atoms with van der Waals surface area (Å²) in [4.78, 5) is 29.1. The molecule has 2 rings (SSSR count). The van der Waals surface area contributed by atoms with E-state index in [9.17, 15) is 9.59 Å². The second-order valence-corrected chi connectivity index (χ2v) is 14.0. The normalized spacial score (nSPS) is 18.8. The van der Waals surface area contributed by atoms with Gasteiger partial charge < -0.3 is 19.3 Å². The molecule has 6 nitrogen and oxygen atoms in total. The zero-order valence-corrected chi connectivity index (χ0v) is 26.5. The minimum Gasteiger partial charge on any atom is -0.466 e. The van der Waals surface area contributed by atoms with Crippen LogP contribution in [0.25, 0.3) is 0 Å². The van der Waals surface area contributed by atoms with Crippen molar-refractivity contribution in [3.63, 3.8) is 0 Å². The molecule has 2 fully saturated rings. The molecule has 2 aliphatic heterocycles. The summed E-state index contributed by atoms with van der Waals surface area (Å²) in [6.45, 7) is 20.5. The molecule has 2 heterocycles. The van der Waals surface area contributed by atoms with E-state index in [0.29, 0.717) is 31.5 Å². The second-order valence-electron chi connectivity index (χ2n) is 14.0. The molecule has 2 saturated heterocycles. The molecule has 0 amide bonds. The van der Waals surface area contributed by atoms with Crippen molar-refractivity contribution in [3.05, 3.63) is 0 Å². The highest BCUT2D eigenvalue weighted by molar-refractivity contribution is 5.69. The summed E-state index contributed by atoms with van der Waals surface area (Å²) in [7, 11) is 0. The maximum Gasteiger partial charge on any atom is 0.307 e. The van der Waals surface area contributed by atoms with Gasteiger partial charge in [-0.15, -0.1) is 0 Å². The summed E-state index contributed by atoms with van der Waals surface area (Å²) in [6.07, 6.45) is 14.3. The van der Waals surface area contributed by atoms with Gasteiger partial charge in [-0.3, -0.25) is 9.59 Å². The molecular weight excluding hydrogens is 488 g/mol. The fraction of sp³-hybridized carbons (Fsp3) is 0.939. The quantitative estimate of drug-likeness (QED) is 0.180. The fourth-order valence-corrected chi connectivity index (χ4v) is 5.82. The van der Waals surface area contributed by atoms with E-state index in [1.54, 1.807) is 0 Å². The average molecular weight is 551 g/mol. The van der Waals surface area contributed by atoms with Crippen LogP contribution in [0.4, 0.5) is 0 Å². The molecule has 0 aromatic carbocycles. The molecule has 0 radical (unpaired) electrons. The zero-order chi connectivity index (χ0) is 28.7. The summed E-state index contributed by atoms with van der Waals surface area (Å²) in [6, 6.07) is 0. The van der Waals surface area contributed by atoms with Crippen molar-refractivity contribution in [3.8, 4) is 0 Å². The molecule has 0 aromatic heterocycles. The van der Waals surface area contributed by atoms with Crippen LogP contribution in [0.1, 0.15) is 125 Å². The lowest BCUT2D eigenvalue weighted by molar-refractivity contribution is -0.145. The molecule has 0 N–H and O–H groups in total. The molecule has 0 atom stereocenters. The molecule has 39 heavy (non-hydrogen) atoms. The van der Waals surface area contributed by atoms with Crippen molar-refractivity contribution >= 4 is 11.9 Å². The largest absolute Gasteiger partial charge is 0.466 e. The summed E-state index contributed by atoms with van der Waals surface area (Å²) >= 11 is 0. The van der Waals surface area contributed by atoms with Crippen LogP contribution in [0.2, 0.25) is 0 Å². The topological polar surface area (TPSA) is 59.1 Å². The Balaban J connectivity index is 1.46. The lowest BCUT2D eigenvalue weighted by Gasteiger charge is -2.33. The first kappa shape index (κ1) is 34.1. The molecule has 6 heteroatoms. The zero-order valence-electron chi connectivity index (χ0n) is 26.5. The number of esters is 2. The first-order chi connectivity index (χ1) is 18.5. The van der Waals surface area contributed by atoms with Crippen molar-refractivity contribution < 1.29 is 19.1 Å². The summed E-state index contributed by atoms with van der Waals surface area (Å²) in [5, 5.41) is 0. The third-order valence-corrected chi connectivity index (χ3v) is 9.69. The number of hydrogen-bond acceptors (Lipinski definition) is 6. The van der Waals surface area contributed by atoms with Crippen LogP contribution in [-0.2, 0) is 19.1 Å². The Morgan fingerprint density at radius 1 is 0.692 bits per heavy atom. The third kappa shape index (κ3) is 14.9. The van der Waals surface area contributed by atoms with Gasteiger partial charge in [0, 0.05) is 13.1 Å². The number of rotatable bonds is 17. The lowest BCUT2D eigenvalue weighted by atomic mass is 9.82. The minimum absolute atomic E-state index is 0.0336. The molecule has 2 aliphatic rings. The first-order valence-electron chi connectivity index (χ1n) is 16.3. The standard InChI is InChI=1S/C33H62N2O4/c1-7-33(6,8-2)19-27-39-31(37)17-25-35-22-14-29(15-23-35)11-9-10-28-12-20-34(21-13-28)24-16-30(36)38-26-18-32(3,4)5/h28-29H,7-27H2,1-6H3. The smallest absolute Gasteiger partial charge is 0.307 e. The summed E-state index contributed by atoms with van der Waals surface area (Å²) in [5.74, 6) is 1.61. The van der Waals surface area contributed by atoms with E-state index in [1.807, 2.05) is 0 Å². The van der Waals surface area contributed by atoms with E-state index < -0.39 is 0 Å². The van der Waals surface area contributed by atoms with Crippen LogP contribution in [0, 0.1) is 22.7 Å². The fourth-order valence-electron chi connectivity index (χ4n) is 5.82. The SMILES string of the molecule is CCC(C)(CC)CCOC(=O)CCN1CCC(CCCC2CCN(CCC(=O)OCCC(C)(C)C)CC2)CC1. The highest BCUT2D eigenvalue weighted by Crippen LogP contribution is 2.30. The number of nitrogens with zero attached hydrogens (tertiary/aromatic N) is 2. The Labute approximate surface area is 240 Å². The number of carbonyl (C=O) groups excluding carboxylic acids is 2. The molecule has 0 saturated carbocycles. The van der Waals surface area contributed by atoms with Gasteiger partial charge in [0.25, 0.3) is 0 Å². The van der Waals surface area contributed by atoms with Crippen LogP contribution < -0.4 is 0 Å². The van der Waals surface area contributed by atoms with E-state index in [2.05, 4.69) is 51.3 Å². The van der Waals surface area contributed by atoms with Crippen LogP contribution in [-0.4, -0.2) is 74.2 Å². The van der Waals surface area contributed by atoms with Crippen molar-refractivity contribution in [2.75, 3.05) is 52.5 Å². The van der Waals surface area contributed by atoms with Crippen LogP contribution in [0.15, 0.2) is 0 Å². The van der Waals surface area contributed by atoms with Gasteiger partial charge in [-0.05, 0) is 87.4 Å². The summed E-state index contributed by atoms with van der Waals surface area (Å²) in [5.41, 5.74) is 0.504. The highest BCUT2D eigenvalue weighted by Gasteiger charge is 2.23. The molecular formula is C33H62N2O4. The number of ether oxygens (including phenoxy) is 2. The summed E-state index contributed by atoms with van der Waals surface area (Å²) < 4.78 is 10.9. The van der Waals surface area contributed by atoms with Gasteiger partial charge in [0.1, 0.15) is 0 Å². The lowest BCUT2D eigenvalue weighted by Crippen LogP contribution is -2.36. The van der Waals surface area contributed by atoms with Crippen LogP contribution in [0.3, 0.4) is 0 Å². The van der Waals surface area contributed by atoms with Crippen molar-refractivity contribution in [2.24, 2.45) is 22.7 Å². The predicted molar refractivity (Wildman–Crippen MR) is 161 cm³/mol. The molecule has 228 valence electrons. The Morgan fingerprint density at radius 3 is 1.49 bits per heavy atom. The van der Waals surface area contributed by atoms with Gasteiger partial charge in [-0.25, -0.2) is 0 Å².